The fraction of sp³-hybridized carbons (Fsp3) is 0.387. The third kappa shape index (κ3) is 8.07. The van der Waals surface area contributed by atoms with Crippen molar-refractivity contribution in [2.45, 2.75) is 50.7 Å². The van der Waals surface area contributed by atoms with Gasteiger partial charge >= 0.3 is 6.18 Å². The van der Waals surface area contributed by atoms with E-state index in [-0.39, 0.29) is 60.8 Å². The zero-order valence-electron chi connectivity index (χ0n) is 26.5. The monoisotopic (exact) mass is 748 g/mol. The molecule has 260 valence electrons. The molecule has 2 saturated heterocycles. The summed E-state index contributed by atoms with van der Waals surface area (Å²) in [5, 5.41) is 20.7. The molecule has 2 fully saturated rings. The van der Waals surface area contributed by atoms with Gasteiger partial charge in [-0.1, -0.05) is 15.9 Å². The number of morpholine rings is 1. The molecule has 0 unspecified atom stereocenters. The second-order valence-corrected chi connectivity index (χ2v) is 12.7. The van der Waals surface area contributed by atoms with Crippen molar-refractivity contribution in [1.29, 1.82) is 0 Å². The van der Waals surface area contributed by atoms with Crippen molar-refractivity contribution in [2.24, 2.45) is 0 Å². The molecule has 18 heteroatoms. The summed E-state index contributed by atoms with van der Waals surface area (Å²) < 4.78 is 45.2. The Bertz CT molecular complexity index is 1750. The van der Waals surface area contributed by atoms with Crippen molar-refractivity contribution >= 4 is 56.4 Å². The van der Waals surface area contributed by atoms with E-state index in [1.807, 2.05) is 13.8 Å². The number of nitro groups is 1. The van der Waals surface area contributed by atoms with Crippen LogP contribution in [-0.2, 0) is 15.7 Å². The predicted molar refractivity (Wildman–Crippen MR) is 175 cm³/mol. The zero-order chi connectivity index (χ0) is 35.6. The van der Waals surface area contributed by atoms with Gasteiger partial charge in [0.15, 0.2) is 0 Å². The molecule has 2 aliphatic heterocycles. The number of likely N-dealkylation sites (tertiary alicyclic amines) is 1. The zero-order valence-corrected chi connectivity index (χ0v) is 28.0. The molecule has 4 heterocycles. The Balaban J connectivity index is 1.48. The van der Waals surface area contributed by atoms with Gasteiger partial charge in [-0.25, -0.2) is 4.98 Å². The Labute approximate surface area is 286 Å². The first-order valence-corrected chi connectivity index (χ1v) is 15.9. The van der Waals surface area contributed by atoms with Gasteiger partial charge in [0, 0.05) is 55.7 Å². The van der Waals surface area contributed by atoms with E-state index in [0.29, 0.717) is 16.2 Å². The van der Waals surface area contributed by atoms with Crippen LogP contribution in [0.1, 0.15) is 46.7 Å². The first kappa shape index (κ1) is 35.5. The first-order valence-electron chi connectivity index (χ1n) is 15.1. The lowest BCUT2D eigenvalue weighted by Gasteiger charge is -2.35. The third-order valence-electron chi connectivity index (χ3n) is 8.02. The Morgan fingerprint density at radius 2 is 1.73 bits per heavy atom. The van der Waals surface area contributed by atoms with Gasteiger partial charge in [0.2, 0.25) is 5.91 Å². The summed E-state index contributed by atoms with van der Waals surface area (Å²) in [6.45, 7) is 4.02. The summed E-state index contributed by atoms with van der Waals surface area (Å²) in [5.74, 6) is -1.79. The number of benzene rings is 1. The van der Waals surface area contributed by atoms with Crippen LogP contribution < -0.4 is 16.0 Å². The van der Waals surface area contributed by atoms with Crippen molar-refractivity contribution in [3.63, 3.8) is 0 Å². The molecule has 4 atom stereocenters. The summed E-state index contributed by atoms with van der Waals surface area (Å²) in [7, 11) is 1.64. The SMILES string of the molecule is CNc1cncc(C(=O)N2C[C@H](Nc3c(C(=O)N4C[C@@H](C)O[C@@H](C)C4)cc(Br)cc3[N+](=O)[O-])C[C@H]2C(=O)Nc2ccc(C(F)(F)F)nc2)c1. The van der Waals surface area contributed by atoms with Crippen LogP contribution in [0.25, 0.3) is 0 Å². The molecule has 3 N–H and O–H groups in total. The van der Waals surface area contributed by atoms with E-state index in [0.717, 1.165) is 12.3 Å². The largest absolute Gasteiger partial charge is 0.433 e. The van der Waals surface area contributed by atoms with Crippen LogP contribution >= 0.6 is 15.9 Å². The number of carbonyl (C=O) groups excluding carboxylic acids is 3. The van der Waals surface area contributed by atoms with Crippen LogP contribution in [-0.4, -0.2) is 93.4 Å². The highest BCUT2D eigenvalue weighted by Crippen LogP contribution is 2.36. The highest BCUT2D eigenvalue weighted by atomic mass is 79.9. The number of amides is 3. The number of pyridine rings is 2. The number of hydrogen-bond acceptors (Lipinski definition) is 10. The number of aromatic nitrogens is 2. The maximum absolute atomic E-state index is 13.9. The van der Waals surface area contributed by atoms with E-state index in [2.05, 4.69) is 41.8 Å². The first-order chi connectivity index (χ1) is 23.1. The molecule has 0 aliphatic carbocycles. The molecule has 1 aromatic carbocycles. The highest BCUT2D eigenvalue weighted by molar-refractivity contribution is 9.10. The van der Waals surface area contributed by atoms with Crippen molar-refractivity contribution < 1.29 is 37.2 Å². The van der Waals surface area contributed by atoms with Gasteiger partial charge in [0.1, 0.15) is 17.4 Å². The van der Waals surface area contributed by atoms with E-state index in [9.17, 15) is 37.7 Å². The molecular formula is C31H32BrF3N8O6. The van der Waals surface area contributed by atoms with Gasteiger partial charge in [-0.2, -0.15) is 13.2 Å². The van der Waals surface area contributed by atoms with E-state index in [1.165, 1.54) is 35.5 Å². The summed E-state index contributed by atoms with van der Waals surface area (Å²) in [6.07, 6.45) is -1.62. The molecule has 49 heavy (non-hydrogen) atoms. The molecule has 2 aromatic heterocycles. The Hall–Kier alpha value is -4.84. The Morgan fingerprint density at radius 3 is 2.35 bits per heavy atom. The Kier molecular flexibility index (Phi) is 10.4. The summed E-state index contributed by atoms with van der Waals surface area (Å²) >= 11 is 3.27. The minimum absolute atomic E-state index is 0.00917. The van der Waals surface area contributed by atoms with Crippen molar-refractivity contribution in [3.05, 3.63) is 80.3 Å². The third-order valence-corrected chi connectivity index (χ3v) is 8.48. The molecule has 3 aromatic rings. The van der Waals surface area contributed by atoms with Gasteiger partial charge in [0.25, 0.3) is 17.5 Å². The van der Waals surface area contributed by atoms with Crippen molar-refractivity contribution in [3.8, 4) is 0 Å². The quantitative estimate of drug-likeness (QED) is 0.215. The number of alkyl halides is 3. The lowest BCUT2D eigenvalue weighted by Crippen LogP contribution is -2.48. The van der Waals surface area contributed by atoms with Crippen LogP contribution in [0.4, 0.5) is 35.9 Å². The topological polar surface area (TPSA) is 172 Å². The molecule has 0 bridgehead atoms. The van der Waals surface area contributed by atoms with E-state index < -0.39 is 52.3 Å². The second kappa shape index (κ2) is 14.3. The molecule has 0 radical (unpaired) electrons. The minimum Gasteiger partial charge on any atom is -0.387 e. The number of hydrogen-bond donors (Lipinski definition) is 3. The fourth-order valence-electron chi connectivity index (χ4n) is 5.91. The summed E-state index contributed by atoms with van der Waals surface area (Å²) in [6, 6.07) is 4.05. The summed E-state index contributed by atoms with van der Waals surface area (Å²) in [4.78, 5) is 63.2. The lowest BCUT2D eigenvalue weighted by molar-refractivity contribution is -0.384. The van der Waals surface area contributed by atoms with Gasteiger partial charge < -0.3 is 30.5 Å². The molecule has 0 saturated carbocycles. The average Bonchev–Trinajstić information content (AvgIpc) is 3.48. The molecule has 3 amide bonds. The predicted octanol–water partition coefficient (Wildman–Crippen LogP) is 4.79. The number of ether oxygens (including phenoxy) is 1. The standard InChI is InChI=1S/C31H32BrF3N8O6/c1-16-13-41(14-17(2)49-16)30(46)23-7-19(32)8-24(43(47)48)27(23)39-22-9-25(28(44)40-20-4-5-26(38-12-20)31(33,34)35)42(15-22)29(45)18-6-21(36-3)11-37-10-18/h4-8,10-12,16-17,22,25,36,39H,9,13-15H2,1-3H3,(H,40,44)/t16-,17+,22-,25+/m1/s1. The van der Waals surface area contributed by atoms with E-state index >= 15 is 0 Å². The minimum atomic E-state index is -4.68. The van der Waals surface area contributed by atoms with E-state index in [1.54, 1.807) is 11.9 Å². The second-order valence-electron chi connectivity index (χ2n) is 11.8. The van der Waals surface area contributed by atoms with Crippen LogP contribution in [0, 0.1) is 10.1 Å². The van der Waals surface area contributed by atoms with Gasteiger partial charge in [-0.15, -0.1) is 0 Å². The number of nitro benzene ring substituents is 1. The van der Waals surface area contributed by atoms with Gasteiger partial charge in [-0.3, -0.25) is 29.5 Å². The number of rotatable bonds is 8. The van der Waals surface area contributed by atoms with Crippen LogP contribution in [0.3, 0.4) is 0 Å². The lowest BCUT2D eigenvalue weighted by atomic mass is 10.1. The highest BCUT2D eigenvalue weighted by Gasteiger charge is 2.42. The number of nitrogens with one attached hydrogen (secondary N) is 3. The number of anilines is 3. The molecule has 0 spiro atoms. The smallest absolute Gasteiger partial charge is 0.387 e. The summed E-state index contributed by atoms with van der Waals surface area (Å²) in [5.41, 5.74) is -0.999. The average molecular weight is 750 g/mol. The maximum Gasteiger partial charge on any atom is 0.433 e. The Morgan fingerprint density at radius 1 is 1.02 bits per heavy atom. The molecule has 5 rings (SSSR count). The van der Waals surface area contributed by atoms with Crippen LogP contribution in [0.2, 0.25) is 0 Å². The van der Waals surface area contributed by atoms with E-state index in [4.69, 9.17) is 4.74 Å². The number of nitrogens with zero attached hydrogens (tertiary/aromatic N) is 5. The molecule has 2 aliphatic rings. The van der Waals surface area contributed by atoms with Crippen LogP contribution in [0.15, 0.2) is 53.4 Å². The van der Waals surface area contributed by atoms with Gasteiger partial charge in [0.05, 0.1) is 45.8 Å². The van der Waals surface area contributed by atoms with Crippen molar-refractivity contribution in [1.82, 2.24) is 19.8 Å². The number of carbonyl (C=O) groups is 3. The molecular weight excluding hydrogens is 717 g/mol. The van der Waals surface area contributed by atoms with Gasteiger partial charge in [-0.05, 0) is 44.5 Å². The fourth-order valence-corrected chi connectivity index (χ4v) is 6.35. The normalized spacial score (nSPS) is 20.9. The van der Waals surface area contributed by atoms with Crippen LogP contribution in [0.5, 0.6) is 0 Å². The van der Waals surface area contributed by atoms with Crippen molar-refractivity contribution in [2.75, 3.05) is 42.6 Å². The molecule has 14 nitrogen and oxygen atoms in total. The maximum atomic E-state index is 13.9. The number of halogens is 4.